The van der Waals surface area contributed by atoms with Gasteiger partial charge in [0.2, 0.25) is 0 Å². The Bertz CT molecular complexity index is 932. The maximum absolute atomic E-state index is 5.64. The van der Waals surface area contributed by atoms with E-state index in [4.69, 9.17) is 4.74 Å². The zero-order chi connectivity index (χ0) is 21.6. The monoisotopic (exact) mass is 420 g/mol. The zero-order valence-electron chi connectivity index (χ0n) is 18.7. The molecule has 0 saturated carbocycles. The van der Waals surface area contributed by atoms with Crippen LogP contribution in [0, 0.1) is 0 Å². The Morgan fingerprint density at radius 3 is 2.29 bits per heavy atom. The van der Waals surface area contributed by atoms with Gasteiger partial charge in [-0.05, 0) is 54.5 Å². The Morgan fingerprint density at radius 1 is 0.935 bits per heavy atom. The fourth-order valence-corrected chi connectivity index (χ4v) is 4.21. The summed E-state index contributed by atoms with van der Waals surface area (Å²) in [5, 5.41) is 12.7. The van der Waals surface area contributed by atoms with Gasteiger partial charge in [-0.15, -0.1) is 5.10 Å². The lowest BCUT2D eigenvalue weighted by Crippen LogP contribution is -2.48. The molecular weight excluding hydrogens is 388 g/mol. The van der Waals surface area contributed by atoms with E-state index < -0.39 is 0 Å². The van der Waals surface area contributed by atoms with Gasteiger partial charge in [0.25, 0.3) is 0 Å². The summed E-state index contributed by atoms with van der Waals surface area (Å²) in [4.78, 5) is 5.02. The number of nitrogens with zero attached hydrogens (tertiary/aromatic N) is 6. The lowest BCUT2D eigenvalue weighted by molar-refractivity contribution is 0.0996. The van der Waals surface area contributed by atoms with Crippen LogP contribution in [0.1, 0.15) is 49.8 Å². The van der Waals surface area contributed by atoms with E-state index in [1.807, 2.05) is 23.7 Å². The number of rotatable bonds is 8. The van der Waals surface area contributed by atoms with Crippen molar-refractivity contribution in [3.63, 3.8) is 0 Å². The van der Waals surface area contributed by atoms with Crippen LogP contribution in [-0.2, 0) is 6.54 Å². The van der Waals surface area contributed by atoms with Crippen molar-refractivity contribution >= 4 is 0 Å². The van der Waals surface area contributed by atoms with Gasteiger partial charge >= 0.3 is 0 Å². The minimum atomic E-state index is 0.0203. The van der Waals surface area contributed by atoms with Crippen molar-refractivity contribution in [1.29, 1.82) is 0 Å². The fraction of sp³-hybridized carbons (Fsp3) is 0.458. The highest BCUT2D eigenvalue weighted by Gasteiger charge is 2.31. The standard InChI is InChI=1S/C24H32N6O/c1-4-31-22-12-10-21(11-13-22)23(24-25-26-27-30(24)19(2)3)29-16-14-28(15-17-29)18-20-8-6-5-7-9-20/h5-13,19,23H,4,14-18H2,1-3H3/t23-/m0/s1. The van der Waals surface area contributed by atoms with Crippen molar-refractivity contribution in [3.05, 3.63) is 71.5 Å². The van der Waals surface area contributed by atoms with Crippen LogP contribution < -0.4 is 4.74 Å². The highest BCUT2D eigenvalue weighted by molar-refractivity contribution is 5.32. The van der Waals surface area contributed by atoms with Gasteiger partial charge in [-0.3, -0.25) is 9.80 Å². The van der Waals surface area contributed by atoms with Crippen LogP contribution in [0.4, 0.5) is 0 Å². The Kier molecular flexibility index (Phi) is 6.94. The fourth-order valence-electron chi connectivity index (χ4n) is 4.21. The van der Waals surface area contributed by atoms with E-state index in [0.717, 1.165) is 44.3 Å². The minimum Gasteiger partial charge on any atom is -0.494 e. The largest absolute Gasteiger partial charge is 0.494 e. The Balaban J connectivity index is 1.54. The number of hydrogen-bond acceptors (Lipinski definition) is 6. The Hall–Kier alpha value is -2.77. The molecule has 1 aliphatic heterocycles. The topological polar surface area (TPSA) is 59.3 Å². The van der Waals surface area contributed by atoms with Gasteiger partial charge in [-0.2, -0.15) is 0 Å². The Labute approximate surface area is 184 Å². The van der Waals surface area contributed by atoms with Crippen molar-refractivity contribution in [1.82, 2.24) is 30.0 Å². The zero-order valence-corrected chi connectivity index (χ0v) is 18.7. The molecule has 164 valence electrons. The van der Waals surface area contributed by atoms with Gasteiger partial charge in [0, 0.05) is 32.7 Å². The highest BCUT2D eigenvalue weighted by atomic mass is 16.5. The van der Waals surface area contributed by atoms with E-state index in [1.54, 1.807) is 0 Å². The molecule has 7 nitrogen and oxygen atoms in total. The number of aromatic nitrogens is 4. The van der Waals surface area contributed by atoms with E-state index in [-0.39, 0.29) is 12.1 Å². The first-order valence-corrected chi connectivity index (χ1v) is 11.2. The Morgan fingerprint density at radius 2 is 1.65 bits per heavy atom. The average Bonchev–Trinajstić information content (AvgIpc) is 3.27. The van der Waals surface area contributed by atoms with Gasteiger partial charge < -0.3 is 4.74 Å². The summed E-state index contributed by atoms with van der Waals surface area (Å²) in [6, 6.07) is 19.3. The summed E-state index contributed by atoms with van der Waals surface area (Å²) < 4.78 is 7.59. The molecule has 0 spiro atoms. The van der Waals surface area contributed by atoms with Gasteiger partial charge in [0.1, 0.15) is 5.75 Å². The van der Waals surface area contributed by atoms with Crippen molar-refractivity contribution in [3.8, 4) is 5.75 Å². The van der Waals surface area contributed by atoms with E-state index in [2.05, 4.69) is 81.6 Å². The summed E-state index contributed by atoms with van der Waals surface area (Å²) >= 11 is 0. The first-order chi connectivity index (χ1) is 15.2. The smallest absolute Gasteiger partial charge is 0.173 e. The molecular formula is C24H32N6O. The molecule has 1 aromatic heterocycles. The third-order valence-electron chi connectivity index (χ3n) is 5.78. The van der Waals surface area contributed by atoms with E-state index in [0.29, 0.717) is 6.61 Å². The molecule has 2 aromatic carbocycles. The molecule has 1 aliphatic rings. The van der Waals surface area contributed by atoms with Crippen molar-refractivity contribution in [2.75, 3.05) is 32.8 Å². The number of tetrazole rings is 1. The van der Waals surface area contributed by atoms with E-state index >= 15 is 0 Å². The minimum absolute atomic E-state index is 0.0203. The predicted octanol–water partition coefficient (Wildman–Crippen LogP) is 3.56. The second-order valence-electron chi connectivity index (χ2n) is 8.28. The maximum atomic E-state index is 5.64. The second kappa shape index (κ2) is 10.0. The average molecular weight is 421 g/mol. The second-order valence-corrected chi connectivity index (χ2v) is 8.28. The number of benzene rings is 2. The van der Waals surface area contributed by atoms with Gasteiger partial charge in [-0.25, -0.2) is 4.68 Å². The molecule has 0 amide bonds. The SMILES string of the molecule is CCOc1ccc([C@@H](c2nnnn2C(C)C)N2CCN(Cc3ccccc3)CC2)cc1. The van der Waals surface area contributed by atoms with E-state index in [9.17, 15) is 0 Å². The first-order valence-electron chi connectivity index (χ1n) is 11.2. The summed E-state index contributed by atoms with van der Waals surface area (Å²) in [7, 11) is 0. The number of ether oxygens (including phenoxy) is 1. The van der Waals surface area contributed by atoms with Crippen LogP contribution in [0.25, 0.3) is 0 Å². The maximum Gasteiger partial charge on any atom is 0.173 e. The van der Waals surface area contributed by atoms with Crippen LogP contribution in [0.15, 0.2) is 54.6 Å². The molecule has 31 heavy (non-hydrogen) atoms. The summed E-state index contributed by atoms with van der Waals surface area (Å²) in [6.07, 6.45) is 0. The molecule has 0 N–H and O–H groups in total. The van der Waals surface area contributed by atoms with Crippen molar-refractivity contribution in [2.45, 2.75) is 39.4 Å². The quantitative estimate of drug-likeness (QED) is 0.555. The molecule has 0 unspecified atom stereocenters. The third kappa shape index (κ3) is 5.11. The first kappa shape index (κ1) is 21.5. The normalized spacial score (nSPS) is 16.5. The lowest BCUT2D eigenvalue weighted by Gasteiger charge is -2.39. The van der Waals surface area contributed by atoms with E-state index in [1.165, 1.54) is 11.1 Å². The summed E-state index contributed by atoms with van der Waals surface area (Å²) in [5.41, 5.74) is 2.56. The van der Waals surface area contributed by atoms with Gasteiger partial charge in [0.15, 0.2) is 5.82 Å². The molecule has 4 rings (SSSR count). The molecule has 0 bridgehead atoms. The van der Waals surface area contributed by atoms with Gasteiger partial charge in [-0.1, -0.05) is 42.5 Å². The van der Waals surface area contributed by atoms with Crippen LogP contribution in [0.3, 0.4) is 0 Å². The molecule has 1 saturated heterocycles. The van der Waals surface area contributed by atoms with Crippen LogP contribution in [-0.4, -0.2) is 62.8 Å². The molecule has 0 radical (unpaired) electrons. The van der Waals surface area contributed by atoms with Crippen LogP contribution in [0.5, 0.6) is 5.75 Å². The van der Waals surface area contributed by atoms with Gasteiger partial charge in [0.05, 0.1) is 18.7 Å². The van der Waals surface area contributed by atoms with Crippen LogP contribution in [0.2, 0.25) is 0 Å². The number of piperazine rings is 1. The molecule has 3 aromatic rings. The summed E-state index contributed by atoms with van der Waals surface area (Å²) in [6.45, 7) is 11.9. The molecule has 2 heterocycles. The van der Waals surface area contributed by atoms with Crippen molar-refractivity contribution < 1.29 is 4.74 Å². The molecule has 7 heteroatoms. The molecule has 1 atom stereocenters. The highest BCUT2D eigenvalue weighted by Crippen LogP contribution is 2.30. The van der Waals surface area contributed by atoms with Crippen molar-refractivity contribution in [2.24, 2.45) is 0 Å². The van der Waals surface area contributed by atoms with Crippen LogP contribution >= 0.6 is 0 Å². The molecule has 0 aliphatic carbocycles. The predicted molar refractivity (Wildman–Crippen MR) is 121 cm³/mol. The number of hydrogen-bond donors (Lipinski definition) is 0. The molecule has 1 fully saturated rings. The summed E-state index contributed by atoms with van der Waals surface area (Å²) in [5.74, 6) is 1.79. The third-order valence-corrected chi connectivity index (χ3v) is 5.78. The lowest BCUT2D eigenvalue weighted by atomic mass is 10.0.